The van der Waals surface area contributed by atoms with E-state index in [9.17, 15) is 14.4 Å². The molecule has 0 aromatic heterocycles. The predicted molar refractivity (Wildman–Crippen MR) is 98.6 cm³/mol. The number of amides is 1. The molecular weight excluding hydrogens is 362 g/mol. The van der Waals surface area contributed by atoms with Crippen LogP contribution in [0.2, 0.25) is 0 Å². The third-order valence-electron chi connectivity index (χ3n) is 4.83. The lowest BCUT2D eigenvalue weighted by Gasteiger charge is -2.23. The van der Waals surface area contributed by atoms with Crippen molar-refractivity contribution in [2.45, 2.75) is 31.6 Å². The van der Waals surface area contributed by atoms with Gasteiger partial charge in [0.15, 0.2) is 17.3 Å². The fraction of sp³-hybridized carbons (Fsp3) is 0.286. The zero-order chi connectivity index (χ0) is 20.1. The molecule has 28 heavy (non-hydrogen) atoms. The van der Waals surface area contributed by atoms with E-state index in [4.69, 9.17) is 14.2 Å². The van der Waals surface area contributed by atoms with Crippen molar-refractivity contribution < 1.29 is 28.6 Å². The number of rotatable bonds is 2. The highest BCUT2D eigenvalue weighted by molar-refractivity contribution is 6.15. The van der Waals surface area contributed by atoms with Gasteiger partial charge in [0, 0.05) is 19.4 Å². The molecule has 0 fully saturated rings. The van der Waals surface area contributed by atoms with E-state index >= 15 is 0 Å². The molecule has 0 aliphatic carbocycles. The Balaban J connectivity index is 1.84. The van der Waals surface area contributed by atoms with Gasteiger partial charge < -0.3 is 19.5 Å². The first-order valence-electron chi connectivity index (χ1n) is 8.84. The van der Waals surface area contributed by atoms with Crippen LogP contribution in [0, 0.1) is 0 Å². The lowest BCUT2D eigenvalue weighted by molar-refractivity contribution is -0.143. The minimum Gasteiger partial charge on any atom is -0.467 e. The van der Waals surface area contributed by atoms with E-state index in [2.05, 4.69) is 5.32 Å². The molecule has 7 heteroatoms. The number of carbonyl (C=O) groups is 3. The second kappa shape index (κ2) is 6.37. The smallest absolute Gasteiger partial charge is 0.329 e. The second-order valence-corrected chi connectivity index (χ2v) is 7.17. The van der Waals surface area contributed by atoms with Crippen molar-refractivity contribution in [3.63, 3.8) is 0 Å². The number of nitrogens with one attached hydrogen (secondary N) is 1. The lowest BCUT2D eigenvalue weighted by Crippen LogP contribution is -2.45. The SMILES string of the molecule is COC(=O)[C@H]1NC(=O)c2ccccc2C(=O)[C@@H]1c1ccc2c(c1)OC(C)(C)O2. The molecule has 4 rings (SSSR count). The number of hydrogen-bond acceptors (Lipinski definition) is 6. The van der Waals surface area contributed by atoms with Gasteiger partial charge >= 0.3 is 5.97 Å². The summed E-state index contributed by atoms with van der Waals surface area (Å²) in [7, 11) is 1.22. The zero-order valence-electron chi connectivity index (χ0n) is 15.6. The Bertz CT molecular complexity index is 996. The van der Waals surface area contributed by atoms with Crippen LogP contribution < -0.4 is 14.8 Å². The van der Waals surface area contributed by atoms with E-state index in [0.29, 0.717) is 17.1 Å². The van der Waals surface area contributed by atoms with Crippen LogP contribution in [-0.2, 0) is 9.53 Å². The Morgan fingerprint density at radius 3 is 2.43 bits per heavy atom. The average molecular weight is 381 g/mol. The maximum absolute atomic E-state index is 13.4. The molecule has 144 valence electrons. The largest absolute Gasteiger partial charge is 0.467 e. The topological polar surface area (TPSA) is 90.9 Å². The quantitative estimate of drug-likeness (QED) is 0.804. The summed E-state index contributed by atoms with van der Waals surface area (Å²) in [5.41, 5.74) is 1.01. The Kier molecular flexibility index (Phi) is 4.10. The molecule has 1 N–H and O–H groups in total. The highest BCUT2D eigenvalue weighted by Gasteiger charge is 2.42. The van der Waals surface area contributed by atoms with Crippen molar-refractivity contribution in [2.24, 2.45) is 0 Å². The molecular formula is C21H19NO6. The summed E-state index contributed by atoms with van der Waals surface area (Å²) in [5.74, 6) is -2.30. The van der Waals surface area contributed by atoms with Crippen molar-refractivity contribution in [1.82, 2.24) is 5.32 Å². The molecule has 0 bridgehead atoms. The molecule has 0 saturated carbocycles. The van der Waals surface area contributed by atoms with E-state index in [1.165, 1.54) is 7.11 Å². The third kappa shape index (κ3) is 2.89. The van der Waals surface area contributed by atoms with Crippen LogP contribution in [0.15, 0.2) is 42.5 Å². The van der Waals surface area contributed by atoms with Gasteiger partial charge in [-0.25, -0.2) is 4.79 Å². The maximum Gasteiger partial charge on any atom is 0.329 e. The van der Waals surface area contributed by atoms with E-state index < -0.39 is 29.6 Å². The Morgan fingerprint density at radius 2 is 1.71 bits per heavy atom. The summed E-state index contributed by atoms with van der Waals surface area (Å²) in [4.78, 5) is 38.4. The summed E-state index contributed by atoms with van der Waals surface area (Å²) in [5, 5.41) is 2.64. The fourth-order valence-corrected chi connectivity index (χ4v) is 3.62. The van der Waals surface area contributed by atoms with Crippen molar-refractivity contribution >= 4 is 17.7 Å². The van der Waals surface area contributed by atoms with Crippen molar-refractivity contribution in [3.8, 4) is 11.5 Å². The van der Waals surface area contributed by atoms with Crippen LogP contribution in [0.4, 0.5) is 0 Å². The highest BCUT2D eigenvalue weighted by Crippen LogP contribution is 2.42. The highest BCUT2D eigenvalue weighted by atomic mass is 16.7. The molecule has 2 aliphatic heterocycles. The van der Waals surface area contributed by atoms with E-state index in [-0.39, 0.29) is 16.9 Å². The molecule has 0 unspecified atom stereocenters. The summed E-state index contributed by atoms with van der Waals surface area (Å²) < 4.78 is 16.3. The Morgan fingerprint density at radius 1 is 1.04 bits per heavy atom. The molecule has 7 nitrogen and oxygen atoms in total. The van der Waals surface area contributed by atoms with E-state index in [1.807, 2.05) is 0 Å². The standard InChI is InChI=1S/C21H19NO6/c1-21(2)27-14-9-8-11(10-15(14)28-21)16-17(20(25)26-3)22-19(24)13-7-5-4-6-12(13)18(16)23/h4-10,16-17H,1-3H3,(H,22,24)/t16-,17+/m1/s1. The summed E-state index contributed by atoms with van der Waals surface area (Å²) in [6.45, 7) is 3.55. The van der Waals surface area contributed by atoms with Gasteiger partial charge in [0.25, 0.3) is 5.91 Å². The molecule has 0 saturated heterocycles. The Labute approximate surface area is 161 Å². The molecule has 2 heterocycles. The van der Waals surface area contributed by atoms with Crippen molar-refractivity contribution in [3.05, 3.63) is 59.2 Å². The van der Waals surface area contributed by atoms with Crippen LogP contribution in [0.3, 0.4) is 0 Å². The maximum atomic E-state index is 13.4. The predicted octanol–water partition coefficient (Wildman–Crippen LogP) is 2.45. The van der Waals surface area contributed by atoms with Crippen LogP contribution in [0.5, 0.6) is 11.5 Å². The van der Waals surface area contributed by atoms with Gasteiger partial charge in [0.05, 0.1) is 18.6 Å². The molecule has 2 atom stereocenters. The number of fused-ring (bicyclic) bond motifs is 2. The van der Waals surface area contributed by atoms with Crippen LogP contribution in [-0.4, -0.2) is 36.6 Å². The number of methoxy groups -OCH3 is 1. The van der Waals surface area contributed by atoms with E-state index in [0.717, 1.165) is 0 Å². The number of benzene rings is 2. The monoisotopic (exact) mass is 381 g/mol. The zero-order valence-corrected chi connectivity index (χ0v) is 15.6. The van der Waals surface area contributed by atoms with Gasteiger partial charge in [-0.05, 0) is 23.8 Å². The number of hydrogen-bond donors (Lipinski definition) is 1. The third-order valence-corrected chi connectivity index (χ3v) is 4.83. The summed E-state index contributed by atoms with van der Waals surface area (Å²) in [6, 6.07) is 10.4. The molecule has 2 aliphatic rings. The summed E-state index contributed by atoms with van der Waals surface area (Å²) >= 11 is 0. The van der Waals surface area contributed by atoms with Gasteiger partial charge in [-0.15, -0.1) is 0 Å². The number of ketones is 1. The van der Waals surface area contributed by atoms with Gasteiger partial charge in [-0.1, -0.05) is 24.3 Å². The first-order valence-corrected chi connectivity index (χ1v) is 8.84. The number of ether oxygens (including phenoxy) is 3. The first kappa shape index (κ1) is 18.0. The molecule has 2 aromatic carbocycles. The minimum atomic E-state index is -1.16. The lowest BCUT2D eigenvalue weighted by atomic mass is 9.84. The number of Topliss-reactive ketones (excluding diaryl/α,β-unsaturated/α-hetero) is 1. The molecule has 0 spiro atoms. The minimum absolute atomic E-state index is 0.228. The van der Waals surface area contributed by atoms with Gasteiger partial charge in [-0.3, -0.25) is 9.59 Å². The fourth-order valence-electron chi connectivity index (χ4n) is 3.62. The first-order chi connectivity index (χ1) is 13.3. The molecule has 2 aromatic rings. The Hall–Kier alpha value is -3.35. The van der Waals surface area contributed by atoms with Crippen molar-refractivity contribution in [2.75, 3.05) is 7.11 Å². The molecule has 0 radical (unpaired) electrons. The van der Waals surface area contributed by atoms with Crippen molar-refractivity contribution in [1.29, 1.82) is 0 Å². The summed E-state index contributed by atoms with van der Waals surface area (Å²) in [6.07, 6.45) is 0. The normalized spacial score (nSPS) is 22.1. The van der Waals surface area contributed by atoms with Gasteiger partial charge in [0.2, 0.25) is 5.79 Å². The van der Waals surface area contributed by atoms with E-state index in [1.54, 1.807) is 56.3 Å². The van der Waals surface area contributed by atoms with Gasteiger partial charge in [0.1, 0.15) is 6.04 Å². The number of carbonyl (C=O) groups excluding carboxylic acids is 3. The van der Waals surface area contributed by atoms with Crippen LogP contribution >= 0.6 is 0 Å². The second-order valence-electron chi connectivity index (χ2n) is 7.17. The van der Waals surface area contributed by atoms with Gasteiger partial charge in [-0.2, -0.15) is 0 Å². The molecule has 1 amide bonds. The van der Waals surface area contributed by atoms with Crippen LogP contribution in [0.25, 0.3) is 0 Å². The number of esters is 1. The van der Waals surface area contributed by atoms with Crippen LogP contribution in [0.1, 0.15) is 46.0 Å². The average Bonchev–Trinajstić information content (AvgIpc) is 2.93.